The molecule has 9 heteroatoms. The molecule has 1 atom stereocenters. The Labute approximate surface area is 122 Å². The first-order valence-electron chi connectivity index (χ1n) is 6.17. The fourth-order valence-corrected chi connectivity index (χ4v) is 2.37. The minimum absolute atomic E-state index is 0.0425. The highest BCUT2D eigenvalue weighted by molar-refractivity contribution is 7.85. The highest BCUT2D eigenvalue weighted by atomic mass is 32.2. The van der Waals surface area contributed by atoms with E-state index in [1.807, 2.05) is 12.2 Å². The maximum Gasteiger partial charge on any atom is 0.327 e. The number of hydrogen-bond acceptors (Lipinski definition) is 5. The van der Waals surface area contributed by atoms with Crippen molar-refractivity contribution in [1.29, 1.82) is 0 Å². The number of carbonyl (C=O) groups is 2. The van der Waals surface area contributed by atoms with Crippen molar-refractivity contribution in [2.75, 3.05) is 5.75 Å². The lowest BCUT2D eigenvalue weighted by molar-refractivity contribution is -0.138. The van der Waals surface area contributed by atoms with Gasteiger partial charge >= 0.3 is 5.97 Å². The van der Waals surface area contributed by atoms with Gasteiger partial charge in [0, 0.05) is 6.20 Å². The normalized spacial score (nSPS) is 12.7. The number of aromatic nitrogens is 1. The van der Waals surface area contributed by atoms with Crippen LogP contribution in [0.3, 0.4) is 0 Å². The second-order valence-corrected chi connectivity index (χ2v) is 5.87. The predicted octanol–water partition coefficient (Wildman–Crippen LogP) is 0.105. The van der Waals surface area contributed by atoms with Gasteiger partial charge in [0.05, 0.1) is 0 Å². The van der Waals surface area contributed by atoms with Crippen LogP contribution < -0.4 is 5.32 Å². The van der Waals surface area contributed by atoms with Crippen LogP contribution in [0.4, 0.5) is 0 Å². The molecule has 0 bridgehead atoms. The number of rotatable bonds is 7. The monoisotopic (exact) mass is 316 g/mol. The van der Waals surface area contributed by atoms with E-state index in [1.54, 1.807) is 12.1 Å². The standard InChI is InChI=1S/C12H16N2O6S/c1-2-4-8-5-3-6-13-10(8)11(15)14-9(12(16)17)7-21(18,19)20/h3,5-6,9H,2,4,7H2,1H3,(H,14,15)(H,16,17)(H,18,19,20). The third-order valence-corrected chi connectivity index (χ3v) is 3.36. The van der Waals surface area contributed by atoms with Crippen molar-refractivity contribution in [3.05, 3.63) is 29.6 Å². The number of nitrogens with one attached hydrogen (secondary N) is 1. The van der Waals surface area contributed by atoms with Gasteiger partial charge in [-0.25, -0.2) is 4.79 Å². The first-order chi connectivity index (χ1) is 9.74. The summed E-state index contributed by atoms with van der Waals surface area (Å²) >= 11 is 0. The zero-order valence-corrected chi connectivity index (χ0v) is 12.1. The Morgan fingerprint density at radius 2 is 2.10 bits per heavy atom. The van der Waals surface area contributed by atoms with Gasteiger partial charge in [0.25, 0.3) is 16.0 Å². The zero-order valence-electron chi connectivity index (χ0n) is 11.3. The summed E-state index contributed by atoms with van der Waals surface area (Å²) in [6.07, 6.45) is 2.72. The van der Waals surface area contributed by atoms with Crippen molar-refractivity contribution in [1.82, 2.24) is 10.3 Å². The van der Waals surface area contributed by atoms with Crippen molar-refractivity contribution in [2.24, 2.45) is 0 Å². The number of aliphatic carboxylic acids is 1. The smallest absolute Gasteiger partial charge is 0.327 e. The van der Waals surface area contributed by atoms with E-state index in [0.29, 0.717) is 12.0 Å². The Hall–Kier alpha value is -2.00. The van der Waals surface area contributed by atoms with Gasteiger partial charge in [-0.3, -0.25) is 14.3 Å². The topological polar surface area (TPSA) is 134 Å². The molecular weight excluding hydrogens is 300 g/mol. The highest BCUT2D eigenvalue weighted by Gasteiger charge is 2.27. The number of carboxylic acid groups (broad SMARTS) is 1. The van der Waals surface area contributed by atoms with Crippen LogP contribution in [0.5, 0.6) is 0 Å². The molecule has 3 N–H and O–H groups in total. The molecule has 1 aromatic heterocycles. The Morgan fingerprint density at radius 3 is 2.62 bits per heavy atom. The average molecular weight is 316 g/mol. The first kappa shape index (κ1) is 17.1. The maximum atomic E-state index is 12.0. The summed E-state index contributed by atoms with van der Waals surface area (Å²) < 4.78 is 30.2. The van der Waals surface area contributed by atoms with E-state index in [4.69, 9.17) is 9.66 Å². The molecule has 0 aliphatic rings. The molecule has 1 heterocycles. The molecule has 0 saturated heterocycles. The number of pyridine rings is 1. The van der Waals surface area contributed by atoms with Crippen LogP contribution in [0, 0.1) is 0 Å². The largest absolute Gasteiger partial charge is 0.480 e. The molecule has 0 radical (unpaired) electrons. The highest BCUT2D eigenvalue weighted by Crippen LogP contribution is 2.08. The second kappa shape index (κ2) is 7.14. The summed E-state index contributed by atoms with van der Waals surface area (Å²) in [6.45, 7) is 1.91. The minimum atomic E-state index is -4.53. The molecule has 0 saturated carbocycles. The van der Waals surface area contributed by atoms with Crippen molar-refractivity contribution < 1.29 is 27.7 Å². The fourth-order valence-electron chi connectivity index (χ4n) is 1.73. The number of amides is 1. The minimum Gasteiger partial charge on any atom is -0.480 e. The molecule has 8 nitrogen and oxygen atoms in total. The molecule has 0 aliphatic heterocycles. The summed E-state index contributed by atoms with van der Waals surface area (Å²) in [4.78, 5) is 26.9. The van der Waals surface area contributed by atoms with E-state index in [-0.39, 0.29) is 5.69 Å². The summed E-state index contributed by atoms with van der Waals surface area (Å²) in [7, 11) is -4.53. The van der Waals surface area contributed by atoms with Crippen LogP contribution in [-0.4, -0.2) is 46.7 Å². The number of hydrogen-bond donors (Lipinski definition) is 3. The number of carboxylic acids is 1. The Bertz CT molecular complexity index is 628. The molecule has 0 fully saturated rings. The third-order valence-electron chi connectivity index (χ3n) is 2.61. The SMILES string of the molecule is CCCc1cccnc1C(=O)NC(CS(=O)(=O)O)C(=O)O. The van der Waals surface area contributed by atoms with Gasteiger partial charge in [0.2, 0.25) is 0 Å². The Morgan fingerprint density at radius 1 is 1.43 bits per heavy atom. The zero-order chi connectivity index (χ0) is 16.0. The van der Waals surface area contributed by atoms with Gasteiger partial charge in [-0.15, -0.1) is 0 Å². The molecule has 1 amide bonds. The molecule has 0 spiro atoms. The lowest BCUT2D eigenvalue weighted by atomic mass is 10.1. The van der Waals surface area contributed by atoms with Gasteiger partial charge in [-0.1, -0.05) is 19.4 Å². The van der Waals surface area contributed by atoms with Gasteiger partial charge < -0.3 is 10.4 Å². The van der Waals surface area contributed by atoms with Gasteiger partial charge in [0.15, 0.2) is 0 Å². The predicted molar refractivity (Wildman–Crippen MR) is 73.5 cm³/mol. The maximum absolute atomic E-state index is 12.0. The van der Waals surface area contributed by atoms with Crippen molar-refractivity contribution in [2.45, 2.75) is 25.8 Å². The molecule has 0 aliphatic carbocycles. The van der Waals surface area contributed by atoms with Crippen molar-refractivity contribution in [3.63, 3.8) is 0 Å². The van der Waals surface area contributed by atoms with Gasteiger partial charge in [-0.2, -0.15) is 8.42 Å². The lowest BCUT2D eigenvalue weighted by Gasteiger charge is -2.14. The van der Waals surface area contributed by atoms with E-state index in [0.717, 1.165) is 6.42 Å². The summed E-state index contributed by atoms with van der Waals surface area (Å²) in [6, 6.07) is 1.59. The van der Waals surface area contributed by atoms with Crippen LogP contribution in [0.1, 0.15) is 29.4 Å². The fraction of sp³-hybridized carbons (Fsp3) is 0.417. The summed E-state index contributed by atoms with van der Waals surface area (Å²) in [5.41, 5.74) is 0.675. The van der Waals surface area contributed by atoms with Gasteiger partial charge in [0.1, 0.15) is 17.5 Å². The van der Waals surface area contributed by atoms with Crippen molar-refractivity contribution in [3.8, 4) is 0 Å². The van der Waals surface area contributed by atoms with Crippen LogP contribution >= 0.6 is 0 Å². The molecule has 1 aromatic rings. The van der Waals surface area contributed by atoms with E-state index in [9.17, 15) is 18.0 Å². The molecular formula is C12H16N2O6S. The third kappa shape index (κ3) is 5.48. The number of carbonyl (C=O) groups excluding carboxylic acids is 1. The van der Waals surface area contributed by atoms with Crippen LogP contribution in [-0.2, 0) is 21.3 Å². The van der Waals surface area contributed by atoms with Crippen LogP contribution in [0.25, 0.3) is 0 Å². The van der Waals surface area contributed by atoms with Gasteiger partial charge in [-0.05, 0) is 18.1 Å². The molecule has 1 rings (SSSR count). The molecule has 21 heavy (non-hydrogen) atoms. The first-order valence-corrected chi connectivity index (χ1v) is 7.78. The average Bonchev–Trinajstić information content (AvgIpc) is 2.37. The van der Waals surface area contributed by atoms with Crippen LogP contribution in [0.15, 0.2) is 18.3 Å². The number of nitrogens with zero attached hydrogens (tertiary/aromatic N) is 1. The molecule has 0 aromatic carbocycles. The van der Waals surface area contributed by atoms with E-state index in [2.05, 4.69) is 4.98 Å². The van der Waals surface area contributed by atoms with E-state index in [1.165, 1.54) is 6.20 Å². The molecule has 116 valence electrons. The Balaban J connectivity index is 2.95. The number of aryl methyl sites for hydroxylation is 1. The summed E-state index contributed by atoms with van der Waals surface area (Å²) in [5.74, 6) is -3.46. The summed E-state index contributed by atoms with van der Waals surface area (Å²) in [5, 5.41) is 10.9. The Kier molecular flexibility index (Phi) is 5.79. The second-order valence-electron chi connectivity index (χ2n) is 4.37. The van der Waals surface area contributed by atoms with Crippen LogP contribution in [0.2, 0.25) is 0 Å². The van der Waals surface area contributed by atoms with E-state index < -0.39 is 33.8 Å². The lowest BCUT2D eigenvalue weighted by Crippen LogP contribution is -2.45. The van der Waals surface area contributed by atoms with E-state index >= 15 is 0 Å². The molecule has 1 unspecified atom stereocenters. The van der Waals surface area contributed by atoms with Crippen molar-refractivity contribution >= 4 is 22.0 Å². The quantitative estimate of drug-likeness (QED) is 0.607.